The molecule has 0 saturated heterocycles. The number of hydrogen-bond donors (Lipinski definition) is 1. The van der Waals surface area contributed by atoms with Gasteiger partial charge in [0.25, 0.3) is 5.89 Å². The minimum Gasteiger partial charge on any atom is -0.484 e. The van der Waals surface area contributed by atoms with Crippen LogP contribution in [0.25, 0.3) is 0 Å². The van der Waals surface area contributed by atoms with Crippen LogP contribution in [0, 0.1) is 0 Å². The van der Waals surface area contributed by atoms with Gasteiger partial charge in [-0.05, 0) is 23.1 Å². The Hall–Kier alpha value is -2.04. The molecule has 18 heavy (non-hydrogen) atoms. The van der Waals surface area contributed by atoms with Crippen molar-refractivity contribution in [2.45, 2.75) is 32.8 Å². The molecule has 2 rings (SSSR count). The van der Waals surface area contributed by atoms with Crippen LogP contribution in [0.5, 0.6) is 5.75 Å². The summed E-state index contributed by atoms with van der Waals surface area (Å²) in [7, 11) is 0. The maximum Gasteiger partial charge on any atom is 0.434 e. The molecule has 0 aliphatic heterocycles. The zero-order valence-electron chi connectivity index (χ0n) is 10.7. The monoisotopic (exact) mass is 248 g/mol. The molecule has 2 aromatic rings. The van der Waals surface area contributed by atoms with Crippen LogP contribution in [0.3, 0.4) is 0 Å². The van der Waals surface area contributed by atoms with Gasteiger partial charge >= 0.3 is 5.76 Å². The zero-order valence-corrected chi connectivity index (χ0v) is 10.7. The van der Waals surface area contributed by atoms with Gasteiger partial charge in [-0.3, -0.25) is 0 Å². The summed E-state index contributed by atoms with van der Waals surface area (Å²) in [6, 6.07) is 7.84. The van der Waals surface area contributed by atoms with Gasteiger partial charge in [-0.15, -0.1) is 5.10 Å². The molecule has 0 aliphatic rings. The molecule has 1 heterocycles. The summed E-state index contributed by atoms with van der Waals surface area (Å²) >= 11 is 0. The van der Waals surface area contributed by atoms with E-state index in [0.29, 0.717) is 5.75 Å². The van der Waals surface area contributed by atoms with E-state index in [4.69, 9.17) is 9.15 Å². The number of aromatic nitrogens is 2. The predicted molar refractivity (Wildman–Crippen MR) is 66.6 cm³/mol. The van der Waals surface area contributed by atoms with Crippen molar-refractivity contribution in [1.29, 1.82) is 0 Å². The Morgan fingerprint density at radius 1 is 1.28 bits per heavy atom. The third-order valence-electron chi connectivity index (χ3n) is 2.57. The highest BCUT2D eigenvalue weighted by Gasteiger charge is 2.13. The van der Waals surface area contributed by atoms with Crippen LogP contribution in [-0.4, -0.2) is 10.2 Å². The molecule has 0 amide bonds. The van der Waals surface area contributed by atoms with Crippen molar-refractivity contribution in [2.24, 2.45) is 0 Å². The van der Waals surface area contributed by atoms with Gasteiger partial charge in [-0.2, -0.15) is 0 Å². The summed E-state index contributed by atoms with van der Waals surface area (Å²) in [6.07, 6.45) is 0. The van der Waals surface area contributed by atoms with Gasteiger partial charge in [0.2, 0.25) is 0 Å². The fourth-order valence-corrected chi connectivity index (χ4v) is 1.52. The number of benzene rings is 1. The van der Waals surface area contributed by atoms with Crippen molar-refractivity contribution in [3.05, 3.63) is 46.3 Å². The normalized spacial score (nSPS) is 11.5. The SMILES string of the molecule is CC(C)(C)c1ccc(OCc2n[nH]c(=O)o2)cc1. The van der Waals surface area contributed by atoms with Crippen LogP contribution in [0.2, 0.25) is 0 Å². The predicted octanol–water partition coefficient (Wildman–Crippen LogP) is 2.24. The molecule has 96 valence electrons. The minimum atomic E-state index is -0.573. The topological polar surface area (TPSA) is 68.1 Å². The first-order valence-corrected chi connectivity index (χ1v) is 5.73. The van der Waals surface area contributed by atoms with Crippen molar-refractivity contribution in [3.8, 4) is 5.75 Å². The number of nitrogens with zero attached hydrogens (tertiary/aromatic N) is 1. The van der Waals surface area contributed by atoms with Crippen LogP contribution >= 0.6 is 0 Å². The van der Waals surface area contributed by atoms with Gasteiger partial charge in [0.05, 0.1) is 0 Å². The molecule has 1 N–H and O–H groups in total. The smallest absolute Gasteiger partial charge is 0.434 e. The summed E-state index contributed by atoms with van der Waals surface area (Å²) < 4.78 is 10.2. The molecule has 1 aromatic carbocycles. The number of nitrogens with one attached hydrogen (secondary N) is 1. The maximum absolute atomic E-state index is 10.7. The third-order valence-corrected chi connectivity index (χ3v) is 2.57. The zero-order chi connectivity index (χ0) is 13.2. The largest absolute Gasteiger partial charge is 0.484 e. The van der Waals surface area contributed by atoms with Crippen molar-refractivity contribution in [3.63, 3.8) is 0 Å². The van der Waals surface area contributed by atoms with Crippen molar-refractivity contribution in [2.75, 3.05) is 0 Å². The van der Waals surface area contributed by atoms with Crippen LogP contribution in [-0.2, 0) is 12.0 Å². The molecule has 5 heteroatoms. The fourth-order valence-electron chi connectivity index (χ4n) is 1.52. The Bertz CT molecular complexity index is 561. The van der Waals surface area contributed by atoms with Crippen molar-refractivity contribution >= 4 is 0 Å². The molecular weight excluding hydrogens is 232 g/mol. The average molecular weight is 248 g/mol. The Labute approximate surface area is 105 Å². The molecule has 0 fully saturated rings. The van der Waals surface area contributed by atoms with E-state index < -0.39 is 5.76 Å². The van der Waals surface area contributed by atoms with Crippen LogP contribution < -0.4 is 10.5 Å². The van der Waals surface area contributed by atoms with E-state index in [1.165, 1.54) is 5.56 Å². The Morgan fingerprint density at radius 3 is 2.44 bits per heavy atom. The van der Waals surface area contributed by atoms with Crippen LogP contribution in [0.1, 0.15) is 32.2 Å². The second-order valence-corrected chi connectivity index (χ2v) is 5.07. The first kappa shape index (κ1) is 12.4. The molecule has 5 nitrogen and oxygen atoms in total. The molecule has 0 radical (unpaired) electrons. The summed E-state index contributed by atoms with van der Waals surface area (Å²) in [6.45, 7) is 6.59. The fraction of sp³-hybridized carbons (Fsp3) is 0.385. The van der Waals surface area contributed by atoms with E-state index in [9.17, 15) is 4.79 Å². The van der Waals surface area contributed by atoms with E-state index in [0.717, 1.165) is 0 Å². The van der Waals surface area contributed by atoms with E-state index in [1.807, 2.05) is 24.3 Å². The van der Waals surface area contributed by atoms with Gasteiger partial charge in [0.15, 0.2) is 6.61 Å². The Morgan fingerprint density at radius 2 is 1.94 bits per heavy atom. The molecular formula is C13H16N2O3. The van der Waals surface area contributed by atoms with E-state index in [2.05, 4.69) is 31.0 Å². The molecule has 0 aliphatic carbocycles. The number of hydrogen-bond acceptors (Lipinski definition) is 4. The van der Waals surface area contributed by atoms with Gasteiger partial charge in [-0.25, -0.2) is 9.89 Å². The number of H-pyrrole nitrogens is 1. The molecule has 0 bridgehead atoms. The van der Waals surface area contributed by atoms with E-state index in [-0.39, 0.29) is 17.9 Å². The summed E-state index contributed by atoms with van der Waals surface area (Å²) in [5.41, 5.74) is 1.36. The lowest BCUT2D eigenvalue weighted by atomic mass is 9.87. The lowest BCUT2D eigenvalue weighted by molar-refractivity contribution is 0.259. The first-order chi connectivity index (χ1) is 8.45. The summed E-state index contributed by atoms with van der Waals surface area (Å²) in [4.78, 5) is 10.7. The van der Waals surface area contributed by atoms with Gasteiger partial charge < -0.3 is 9.15 Å². The van der Waals surface area contributed by atoms with Crippen LogP contribution in [0.4, 0.5) is 0 Å². The van der Waals surface area contributed by atoms with Gasteiger partial charge in [0.1, 0.15) is 5.75 Å². The minimum absolute atomic E-state index is 0.119. The highest BCUT2D eigenvalue weighted by molar-refractivity contribution is 5.31. The second-order valence-electron chi connectivity index (χ2n) is 5.07. The molecule has 0 spiro atoms. The lowest BCUT2D eigenvalue weighted by Crippen LogP contribution is -2.10. The van der Waals surface area contributed by atoms with Gasteiger partial charge in [-0.1, -0.05) is 32.9 Å². The van der Waals surface area contributed by atoms with E-state index in [1.54, 1.807) is 0 Å². The first-order valence-electron chi connectivity index (χ1n) is 5.73. The van der Waals surface area contributed by atoms with Crippen LogP contribution in [0.15, 0.2) is 33.5 Å². The molecule has 0 atom stereocenters. The quantitative estimate of drug-likeness (QED) is 0.904. The lowest BCUT2D eigenvalue weighted by Gasteiger charge is -2.19. The Balaban J connectivity index is 2.00. The standard InChI is InChI=1S/C13H16N2O3/c1-13(2,3)9-4-6-10(7-5-9)17-8-11-14-15-12(16)18-11/h4-7H,8H2,1-3H3,(H,15,16). The van der Waals surface area contributed by atoms with E-state index >= 15 is 0 Å². The molecule has 0 unspecified atom stereocenters. The second kappa shape index (κ2) is 4.68. The van der Waals surface area contributed by atoms with Crippen molar-refractivity contribution < 1.29 is 9.15 Å². The summed E-state index contributed by atoms with van der Waals surface area (Å²) in [5, 5.41) is 5.84. The number of ether oxygens (including phenoxy) is 1. The van der Waals surface area contributed by atoms with Gasteiger partial charge in [0, 0.05) is 0 Å². The summed E-state index contributed by atoms with van der Waals surface area (Å²) in [5.74, 6) is 0.380. The number of aromatic amines is 1. The Kier molecular flexibility index (Phi) is 3.23. The average Bonchev–Trinajstić information content (AvgIpc) is 2.72. The highest BCUT2D eigenvalue weighted by Crippen LogP contribution is 2.24. The third kappa shape index (κ3) is 3.00. The van der Waals surface area contributed by atoms with Crippen molar-refractivity contribution in [1.82, 2.24) is 10.2 Å². The maximum atomic E-state index is 10.7. The molecule has 1 aromatic heterocycles. The highest BCUT2D eigenvalue weighted by atomic mass is 16.5. The number of rotatable bonds is 3. The molecule has 0 saturated carbocycles.